The molecular weight excluding hydrogens is 264 g/mol. The number of carbonyl (C=O) groups excluding carboxylic acids is 1. The maximum absolute atomic E-state index is 12.3. The first-order valence-corrected chi connectivity index (χ1v) is 7.28. The third-order valence-corrected chi connectivity index (χ3v) is 3.80. The molecule has 2 heterocycles. The largest absolute Gasteiger partial charge is 0.322 e. The Labute approximate surface area is 124 Å². The zero-order chi connectivity index (χ0) is 14.8. The smallest absolute Gasteiger partial charge is 0.241 e. The van der Waals surface area contributed by atoms with Gasteiger partial charge in [-0.2, -0.15) is 5.10 Å². The summed E-state index contributed by atoms with van der Waals surface area (Å²) in [6, 6.07) is 8.33. The van der Waals surface area contributed by atoms with E-state index in [4.69, 9.17) is 0 Å². The lowest BCUT2D eigenvalue weighted by molar-refractivity contribution is -0.118. The van der Waals surface area contributed by atoms with Crippen LogP contribution in [0.5, 0.6) is 0 Å². The molecule has 110 valence electrons. The predicted molar refractivity (Wildman–Crippen MR) is 82.0 cm³/mol. The number of nitrogens with zero attached hydrogens (tertiary/aromatic N) is 2. The Balaban J connectivity index is 1.66. The van der Waals surface area contributed by atoms with Gasteiger partial charge in [-0.25, -0.2) is 0 Å². The van der Waals surface area contributed by atoms with Crippen LogP contribution >= 0.6 is 0 Å². The lowest BCUT2D eigenvalue weighted by Gasteiger charge is -2.25. The highest BCUT2D eigenvalue weighted by Gasteiger charge is 2.24. The van der Waals surface area contributed by atoms with E-state index in [0.717, 1.165) is 18.7 Å². The van der Waals surface area contributed by atoms with Crippen LogP contribution < -0.4 is 10.6 Å². The van der Waals surface area contributed by atoms with Crippen molar-refractivity contribution in [3.05, 3.63) is 47.8 Å². The van der Waals surface area contributed by atoms with Gasteiger partial charge in [0.1, 0.15) is 0 Å². The van der Waals surface area contributed by atoms with Gasteiger partial charge >= 0.3 is 0 Å². The van der Waals surface area contributed by atoms with E-state index in [9.17, 15) is 4.79 Å². The molecule has 21 heavy (non-hydrogen) atoms. The molecule has 0 fully saturated rings. The number of nitrogens with one attached hydrogen (secondary N) is 2. The summed E-state index contributed by atoms with van der Waals surface area (Å²) in [5, 5.41) is 10.4. The van der Waals surface area contributed by atoms with Crippen molar-refractivity contribution in [3.63, 3.8) is 0 Å². The number of aromatic nitrogens is 2. The zero-order valence-electron chi connectivity index (χ0n) is 12.3. The Hall–Kier alpha value is -2.14. The van der Waals surface area contributed by atoms with Gasteiger partial charge < -0.3 is 10.6 Å². The molecule has 1 atom stereocenters. The van der Waals surface area contributed by atoms with E-state index in [2.05, 4.69) is 41.7 Å². The Kier molecular flexibility index (Phi) is 3.75. The van der Waals surface area contributed by atoms with E-state index < -0.39 is 0 Å². The summed E-state index contributed by atoms with van der Waals surface area (Å²) >= 11 is 0. The Morgan fingerprint density at radius 1 is 1.38 bits per heavy atom. The minimum absolute atomic E-state index is 0.00666. The topological polar surface area (TPSA) is 59.0 Å². The molecule has 0 unspecified atom stereocenters. The molecule has 5 heteroatoms. The van der Waals surface area contributed by atoms with Gasteiger partial charge in [0, 0.05) is 18.8 Å². The summed E-state index contributed by atoms with van der Waals surface area (Å²) in [7, 11) is 0. The number of hydrogen-bond donors (Lipinski definition) is 2. The second-order valence-electron chi connectivity index (χ2n) is 5.70. The first-order valence-electron chi connectivity index (χ1n) is 7.28. The van der Waals surface area contributed by atoms with Crippen LogP contribution in [0.2, 0.25) is 0 Å². The van der Waals surface area contributed by atoms with Gasteiger partial charge in [0.05, 0.1) is 17.9 Å². The number of benzene rings is 1. The molecule has 2 aromatic rings. The Bertz CT molecular complexity index is 647. The third kappa shape index (κ3) is 2.97. The van der Waals surface area contributed by atoms with E-state index in [1.54, 1.807) is 6.20 Å². The van der Waals surface area contributed by atoms with Gasteiger partial charge in [0.15, 0.2) is 0 Å². The van der Waals surface area contributed by atoms with Crippen LogP contribution in [0.4, 0.5) is 5.69 Å². The average molecular weight is 284 g/mol. The van der Waals surface area contributed by atoms with E-state index in [1.807, 2.05) is 23.0 Å². The summed E-state index contributed by atoms with van der Waals surface area (Å²) in [4.78, 5) is 12.3. The lowest BCUT2D eigenvalue weighted by atomic mass is 9.95. The Morgan fingerprint density at radius 3 is 2.86 bits per heavy atom. The lowest BCUT2D eigenvalue weighted by Crippen LogP contribution is -2.44. The highest BCUT2D eigenvalue weighted by atomic mass is 16.2. The SMILES string of the molecule is CC(C)n1cc(NC(=O)[C@H]2Cc3ccccc3CN2)cn1. The highest BCUT2D eigenvalue weighted by molar-refractivity contribution is 5.95. The van der Waals surface area contributed by atoms with Crippen molar-refractivity contribution in [3.8, 4) is 0 Å². The van der Waals surface area contributed by atoms with Crippen LogP contribution in [0.1, 0.15) is 31.0 Å². The van der Waals surface area contributed by atoms with Gasteiger partial charge in [-0.1, -0.05) is 24.3 Å². The van der Waals surface area contributed by atoms with E-state index >= 15 is 0 Å². The molecule has 5 nitrogen and oxygen atoms in total. The molecule has 0 saturated heterocycles. The van der Waals surface area contributed by atoms with Crippen molar-refractivity contribution >= 4 is 11.6 Å². The average Bonchev–Trinajstić information content (AvgIpc) is 2.95. The maximum Gasteiger partial charge on any atom is 0.241 e. The Morgan fingerprint density at radius 2 is 2.14 bits per heavy atom. The molecule has 2 N–H and O–H groups in total. The first kappa shape index (κ1) is 13.8. The first-order chi connectivity index (χ1) is 10.1. The number of fused-ring (bicyclic) bond motifs is 1. The summed E-state index contributed by atoms with van der Waals surface area (Å²) in [5.74, 6) is -0.00666. The van der Waals surface area contributed by atoms with Crippen LogP contribution in [0.3, 0.4) is 0 Å². The van der Waals surface area contributed by atoms with Crippen molar-refractivity contribution < 1.29 is 4.79 Å². The molecule has 3 rings (SSSR count). The molecule has 0 saturated carbocycles. The van der Waals surface area contributed by atoms with Crippen molar-refractivity contribution in [2.45, 2.75) is 38.9 Å². The second-order valence-corrected chi connectivity index (χ2v) is 5.70. The molecule has 0 aliphatic carbocycles. The minimum atomic E-state index is -0.192. The monoisotopic (exact) mass is 284 g/mol. The fraction of sp³-hybridized carbons (Fsp3) is 0.375. The van der Waals surface area contributed by atoms with Crippen molar-refractivity contribution in [1.29, 1.82) is 0 Å². The number of anilines is 1. The number of hydrogen-bond acceptors (Lipinski definition) is 3. The standard InChI is InChI=1S/C16H20N4O/c1-11(2)20-10-14(9-18-20)19-16(21)15-7-12-5-3-4-6-13(12)8-17-15/h3-6,9-11,15,17H,7-8H2,1-2H3,(H,19,21)/t15-/m1/s1. The van der Waals surface area contributed by atoms with Gasteiger partial charge in [-0.15, -0.1) is 0 Å². The van der Waals surface area contributed by atoms with E-state index in [0.29, 0.717) is 0 Å². The summed E-state index contributed by atoms with van der Waals surface area (Å²) in [6.45, 7) is 4.84. The third-order valence-electron chi connectivity index (χ3n) is 3.80. The van der Waals surface area contributed by atoms with Gasteiger partial charge in [0.2, 0.25) is 5.91 Å². The second kappa shape index (κ2) is 5.69. The highest BCUT2D eigenvalue weighted by Crippen LogP contribution is 2.17. The van der Waals surface area contributed by atoms with E-state index in [1.165, 1.54) is 11.1 Å². The van der Waals surface area contributed by atoms with Crippen molar-refractivity contribution in [2.75, 3.05) is 5.32 Å². The van der Waals surface area contributed by atoms with Crippen molar-refractivity contribution in [2.24, 2.45) is 0 Å². The molecule has 1 aliphatic heterocycles. The van der Waals surface area contributed by atoms with Crippen LogP contribution in [0, 0.1) is 0 Å². The normalized spacial score (nSPS) is 17.6. The fourth-order valence-electron chi connectivity index (χ4n) is 2.55. The minimum Gasteiger partial charge on any atom is -0.322 e. The number of rotatable bonds is 3. The quantitative estimate of drug-likeness (QED) is 0.907. The van der Waals surface area contributed by atoms with Crippen LogP contribution in [-0.4, -0.2) is 21.7 Å². The molecule has 1 amide bonds. The molecular formula is C16H20N4O. The van der Waals surface area contributed by atoms with Gasteiger partial charge in [0.25, 0.3) is 0 Å². The fourth-order valence-corrected chi connectivity index (χ4v) is 2.55. The van der Waals surface area contributed by atoms with Crippen LogP contribution in [-0.2, 0) is 17.8 Å². The van der Waals surface area contributed by atoms with E-state index in [-0.39, 0.29) is 18.0 Å². The summed E-state index contributed by atoms with van der Waals surface area (Å²) in [5.41, 5.74) is 3.26. The molecule has 1 aromatic heterocycles. The molecule has 0 spiro atoms. The van der Waals surface area contributed by atoms with Gasteiger partial charge in [-0.3, -0.25) is 9.48 Å². The molecule has 1 aliphatic rings. The number of carbonyl (C=O) groups is 1. The maximum atomic E-state index is 12.3. The van der Waals surface area contributed by atoms with Gasteiger partial charge in [-0.05, 0) is 31.4 Å². The predicted octanol–water partition coefficient (Wildman–Crippen LogP) is 2.12. The van der Waals surface area contributed by atoms with Crippen LogP contribution in [0.25, 0.3) is 0 Å². The summed E-state index contributed by atoms with van der Waals surface area (Å²) in [6.07, 6.45) is 4.27. The number of amides is 1. The molecule has 0 radical (unpaired) electrons. The summed E-state index contributed by atoms with van der Waals surface area (Å²) < 4.78 is 1.83. The molecule has 0 bridgehead atoms. The van der Waals surface area contributed by atoms with Crippen LogP contribution in [0.15, 0.2) is 36.7 Å². The molecule has 1 aromatic carbocycles. The van der Waals surface area contributed by atoms with Crippen molar-refractivity contribution in [1.82, 2.24) is 15.1 Å². The zero-order valence-corrected chi connectivity index (χ0v) is 12.3.